The summed E-state index contributed by atoms with van der Waals surface area (Å²) in [6.07, 6.45) is -13.1. The largest absolute Gasteiger partial charge is 0.494 e. The van der Waals surface area contributed by atoms with Crippen LogP contribution in [0.15, 0.2) is 30.3 Å². The predicted molar refractivity (Wildman–Crippen MR) is 106 cm³/mol. The first kappa shape index (κ1) is 27.2. The van der Waals surface area contributed by atoms with Crippen LogP contribution in [0.1, 0.15) is 43.9 Å². The van der Waals surface area contributed by atoms with E-state index in [4.69, 9.17) is 16.3 Å². The molecule has 2 aromatic rings. The molecular weight excluding hydrogens is 484 g/mol. The fraction of sp³-hybridized carbons (Fsp3) is 0.455. The van der Waals surface area contributed by atoms with Crippen molar-refractivity contribution in [2.45, 2.75) is 57.0 Å². The van der Waals surface area contributed by atoms with E-state index in [1.807, 2.05) is 0 Å². The SMILES string of the molecule is CCOc1ccc(F)cc1C(C)(C)CC(O)(Cc1cc(C(F)(F)F)cc(Cl)c1F)C(F)(F)F. The number of halogens is 9. The average molecular weight is 505 g/mol. The summed E-state index contributed by atoms with van der Waals surface area (Å²) in [6, 6.07) is 3.63. The van der Waals surface area contributed by atoms with E-state index in [1.165, 1.54) is 19.9 Å². The standard InChI is InChI=1S/C22H21ClF8O2/c1-4-33-17-6-5-14(24)9-15(17)19(2,3)11-20(32,22(29,30)31)10-12-7-13(21(26,27)28)8-16(23)18(12)25/h5-9,32H,4,10-11H2,1-3H3. The van der Waals surface area contributed by atoms with Gasteiger partial charge in [-0.05, 0) is 54.7 Å². The van der Waals surface area contributed by atoms with E-state index in [9.17, 15) is 40.2 Å². The van der Waals surface area contributed by atoms with E-state index in [-0.39, 0.29) is 30.1 Å². The van der Waals surface area contributed by atoms with E-state index in [1.54, 1.807) is 6.92 Å². The molecule has 33 heavy (non-hydrogen) atoms. The Morgan fingerprint density at radius 1 is 0.970 bits per heavy atom. The summed E-state index contributed by atoms with van der Waals surface area (Å²) < 4.78 is 115. The lowest BCUT2D eigenvalue weighted by atomic mass is 9.72. The molecule has 2 rings (SSSR count). The van der Waals surface area contributed by atoms with Gasteiger partial charge >= 0.3 is 12.4 Å². The molecule has 0 bridgehead atoms. The molecule has 0 aliphatic rings. The normalized spacial score (nSPS) is 14.8. The Kier molecular flexibility index (Phi) is 7.65. The Hall–Kier alpha value is -2.07. The maximum absolute atomic E-state index is 14.4. The van der Waals surface area contributed by atoms with Crippen molar-refractivity contribution in [2.75, 3.05) is 6.61 Å². The zero-order chi connectivity index (χ0) is 25.4. The fourth-order valence-electron chi connectivity index (χ4n) is 3.66. The molecule has 0 radical (unpaired) electrons. The molecule has 0 spiro atoms. The highest BCUT2D eigenvalue weighted by Gasteiger charge is 2.56. The van der Waals surface area contributed by atoms with Gasteiger partial charge in [-0.2, -0.15) is 26.3 Å². The second-order valence-corrected chi connectivity index (χ2v) is 8.68. The fourth-order valence-corrected chi connectivity index (χ4v) is 3.89. The van der Waals surface area contributed by atoms with Gasteiger partial charge in [0.05, 0.1) is 17.2 Å². The summed E-state index contributed by atoms with van der Waals surface area (Å²) in [7, 11) is 0. The van der Waals surface area contributed by atoms with Crippen LogP contribution in [0.4, 0.5) is 35.1 Å². The van der Waals surface area contributed by atoms with Crippen LogP contribution in [0.3, 0.4) is 0 Å². The lowest BCUT2D eigenvalue weighted by Crippen LogP contribution is -2.51. The van der Waals surface area contributed by atoms with Crippen LogP contribution in [0.5, 0.6) is 5.75 Å². The molecule has 2 nitrogen and oxygen atoms in total. The van der Waals surface area contributed by atoms with Crippen LogP contribution in [-0.4, -0.2) is 23.5 Å². The molecule has 0 heterocycles. The van der Waals surface area contributed by atoms with Gasteiger partial charge in [0.15, 0.2) is 5.60 Å². The molecule has 0 amide bonds. The lowest BCUT2D eigenvalue weighted by Gasteiger charge is -2.38. The van der Waals surface area contributed by atoms with E-state index < -0.39 is 64.0 Å². The van der Waals surface area contributed by atoms with E-state index in [0.717, 1.165) is 12.1 Å². The number of hydrogen-bond donors (Lipinski definition) is 1. The van der Waals surface area contributed by atoms with Crippen molar-refractivity contribution in [2.24, 2.45) is 0 Å². The Bertz CT molecular complexity index is 1000. The molecule has 1 atom stereocenters. The molecule has 0 fully saturated rings. The van der Waals surface area contributed by atoms with Gasteiger partial charge in [-0.1, -0.05) is 25.4 Å². The van der Waals surface area contributed by atoms with Gasteiger partial charge in [0.25, 0.3) is 0 Å². The molecule has 184 valence electrons. The van der Waals surface area contributed by atoms with Crippen molar-refractivity contribution in [3.8, 4) is 5.75 Å². The highest BCUT2D eigenvalue weighted by molar-refractivity contribution is 6.30. The minimum absolute atomic E-state index is 0.00503. The minimum Gasteiger partial charge on any atom is -0.494 e. The van der Waals surface area contributed by atoms with Crippen LogP contribution in [0.25, 0.3) is 0 Å². The summed E-state index contributed by atoms with van der Waals surface area (Å²) in [5.41, 5.74) is -7.81. The number of alkyl halides is 6. The molecular formula is C22H21ClF8O2. The summed E-state index contributed by atoms with van der Waals surface area (Å²) in [5, 5.41) is 9.61. The summed E-state index contributed by atoms with van der Waals surface area (Å²) >= 11 is 5.47. The monoisotopic (exact) mass is 504 g/mol. The van der Waals surface area contributed by atoms with E-state index in [2.05, 4.69) is 0 Å². The van der Waals surface area contributed by atoms with Gasteiger partial charge in [-0.15, -0.1) is 0 Å². The van der Waals surface area contributed by atoms with Crippen molar-refractivity contribution in [3.05, 3.63) is 63.7 Å². The Balaban J connectivity index is 2.58. The topological polar surface area (TPSA) is 29.5 Å². The zero-order valence-electron chi connectivity index (χ0n) is 17.8. The van der Waals surface area contributed by atoms with Crippen molar-refractivity contribution >= 4 is 11.6 Å². The van der Waals surface area contributed by atoms with Crippen molar-refractivity contribution in [1.82, 2.24) is 0 Å². The molecule has 2 aromatic carbocycles. The number of hydrogen-bond acceptors (Lipinski definition) is 2. The van der Waals surface area contributed by atoms with Crippen molar-refractivity contribution in [3.63, 3.8) is 0 Å². The molecule has 0 saturated carbocycles. The second-order valence-electron chi connectivity index (χ2n) is 8.27. The zero-order valence-corrected chi connectivity index (χ0v) is 18.5. The Morgan fingerprint density at radius 2 is 1.58 bits per heavy atom. The average Bonchev–Trinajstić information content (AvgIpc) is 2.64. The van der Waals surface area contributed by atoms with Crippen molar-refractivity contribution < 1.29 is 45.0 Å². The number of benzene rings is 2. The molecule has 0 aromatic heterocycles. The predicted octanol–water partition coefficient (Wildman–Crippen LogP) is 7.24. The number of ether oxygens (including phenoxy) is 1. The third kappa shape index (κ3) is 6.09. The summed E-state index contributed by atoms with van der Waals surface area (Å²) in [5.74, 6) is -2.21. The Morgan fingerprint density at radius 3 is 2.09 bits per heavy atom. The summed E-state index contributed by atoms with van der Waals surface area (Å²) in [4.78, 5) is 0. The van der Waals surface area contributed by atoms with Gasteiger partial charge in [-0.25, -0.2) is 8.78 Å². The van der Waals surface area contributed by atoms with Crippen LogP contribution in [-0.2, 0) is 18.0 Å². The highest BCUT2D eigenvalue weighted by Crippen LogP contribution is 2.46. The van der Waals surface area contributed by atoms with Crippen LogP contribution >= 0.6 is 11.6 Å². The van der Waals surface area contributed by atoms with Gasteiger partial charge in [0, 0.05) is 12.0 Å². The Labute approximate surface area is 190 Å². The van der Waals surface area contributed by atoms with Gasteiger partial charge < -0.3 is 9.84 Å². The molecule has 0 aliphatic heterocycles. The molecule has 1 unspecified atom stereocenters. The number of rotatable bonds is 7. The molecule has 0 saturated heterocycles. The highest BCUT2D eigenvalue weighted by atomic mass is 35.5. The number of aliphatic hydroxyl groups is 1. The third-order valence-corrected chi connectivity index (χ3v) is 5.42. The maximum atomic E-state index is 14.4. The van der Waals surface area contributed by atoms with E-state index in [0.29, 0.717) is 0 Å². The lowest BCUT2D eigenvalue weighted by molar-refractivity contribution is -0.266. The molecule has 11 heteroatoms. The van der Waals surface area contributed by atoms with Gasteiger partial charge in [0.1, 0.15) is 17.4 Å². The first-order valence-corrected chi connectivity index (χ1v) is 10.1. The van der Waals surface area contributed by atoms with Crippen LogP contribution in [0, 0.1) is 11.6 Å². The molecule has 0 aliphatic carbocycles. The smallest absolute Gasteiger partial charge is 0.417 e. The van der Waals surface area contributed by atoms with Crippen LogP contribution in [0.2, 0.25) is 5.02 Å². The van der Waals surface area contributed by atoms with Crippen LogP contribution < -0.4 is 4.74 Å². The van der Waals surface area contributed by atoms with Gasteiger partial charge in [0.2, 0.25) is 0 Å². The quantitative estimate of drug-likeness (QED) is 0.403. The first-order valence-electron chi connectivity index (χ1n) is 9.68. The maximum Gasteiger partial charge on any atom is 0.417 e. The second kappa shape index (κ2) is 9.29. The van der Waals surface area contributed by atoms with Gasteiger partial charge in [-0.3, -0.25) is 0 Å². The van der Waals surface area contributed by atoms with Crippen molar-refractivity contribution in [1.29, 1.82) is 0 Å². The molecule has 1 N–H and O–H groups in total. The third-order valence-electron chi connectivity index (χ3n) is 5.15. The van der Waals surface area contributed by atoms with E-state index >= 15 is 0 Å². The summed E-state index contributed by atoms with van der Waals surface area (Å²) in [6.45, 7) is 4.27. The first-order chi connectivity index (χ1) is 14.9. The minimum atomic E-state index is -5.38.